The highest BCUT2D eigenvalue weighted by molar-refractivity contribution is 7.21. The number of halogens is 1. The fourth-order valence-electron chi connectivity index (χ4n) is 5.69. The summed E-state index contributed by atoms with van der Waals surface area (Å²) in [6.45, 7) is 6.48. The zero-order valence-corrected chi connectivity index (χ0v) is 25.8. The third-order valence-electron chi connectivity index (χ3n) is 8.32. The van der Waals surface area contributed by atoms with Crippen molar-refractivity contribution in [2.24, 2.45) is 0 Å². The maximum atomic E-state index is 14.3. The third-order valence-corrected chi connectivity index (χ3v) is 9.98. The van der Waals surface area contributed by atoms with Crippen LogP contribution in [0.3, 0.4) is 0 Å². The largest absolute Gasteiger partial charge is 0.496 e. The average Bonchev–Trinajstić information content (AvgIpc) is 3.35. The number of nitrogens with one attached hydrogen (secondary N) is 1. The van der Waals surface area contributed by atoms with Gasteiger partial charge in [0.2, 0.25) is 0 Å². The summed E-state index contributed by atoms with van der Waals surface area (Å²) in [7, 11) is 5.72. The normalized spacial score (nSPS) is 16.9. The fraction of sp³-hybridized carbons (Fsp3) is 0.324. The number of benzene rings is 3. The van der Waals surface area contributed by atoms with E-state index in [1.165, 1.54) is 11.3 Å². The van der Waals surface area contributed by atoms with E-state index in [-0.39, 0.29) is 11.9 Å². The Balaban J connectivity index is 1.50. The topological polar surface area (TPSA) is 44.8 Å². The first-order chi connectivity index (χ1) is 19.8. The molecule has 1 saturated carbocycles. The quantitative estimate of drug-likeness (QED) is 0.214. The van der Waals surface area contributed by atoms with Crippen molar-refractivity contribution in [3.8, 4) is 16.9 Å². The van der Waals surface area contributed by atoms with Crippen molar-refractivity contribution in [3.05, 3.63) is 94.5 Å². The molecule has 5 nitrogen and oxygen atoms in total. The van der Waals surface area contributed by atoms with Gasteiger partial charge in [-0.25, -0.2) is 0 Å². The number of methoxy groups -OCH3 is 1. The molecule has 0 spiro atoms. The molecular formula is C34H38ClN3O2S. The molecular weight excluding hydrogens is 550 g/mol. The van der Waals surface area contributed by atoms with Crippen LogP contribution in [0.2, 0.25) is 5.02 Å². The Morgan fingerprint density at radius 3 is 2.37 bits per heavy atom. The van der Waals surface area contributed by atoms with Gasteiger partial charge in [-0.1, -0.05) is 54.6 Å². The van der Waals surface area contributed by atoms with Gasteiger partial charge in [0.1, 0.15) is 10.6 Å². The first-order valence-electron chi connectivity index (χ1n) is 14.1. The summed E-state index contributed by atoms with van der Waals surface area (Å²) < 4.78 is 6.83. The second-order valence-corrected chi connectivity index (χ2v) is 12.3. The van der Waals surface area contributed by atoms with E-state index >= 15 is 0 Å². The van der Waals surface area contributed by atoms with Crippen LogP contribution in [0.15, 0.2) is 79.0 Å². The Kier molecular flexibility index (Phi) is 9.03. The van der Waals surface area contributed by atoms with Crippen LogP contribution < -0.4 is 15.0 Å². The van der Waals surface area contributed by atoms with Crippen molar-refractivity contribution in [1.82, 2.24) is 10.2 Å². The Bertz CT molecular complexity index is 1540. The van der Waals surface area contributed by atoms with Crippen LogP contribution in [-0.2, 0) is 6.54 Å². The summed E-state index contributed by atoms with van der Waals surface area (Å²) in [5, 5.41) is 4.89. The Morgan fingerprint density at radius 2 is 1.73 bits per heavy atom. The number of rotatable bonds is 9. The molecule has 5 rings (SSSR count). The lowest BCUT2D eigenvalue weighted by atomic mass is 9.89. The van der Waals surface area contributed by atoms with Gasteiger partial charge in [-0.2, -0.15) is 0 Å². The zero-order valence-electron chi connectivity index (χ0n) is 24.2. The minimum Gasteiger partial charge on any atom is -0.496 e. The molecule has 0 bridgehead atoms. The molecule has 214 valence electrons. The van der Waals surface area contributed by atoms with Gasteiger partial charge < -0.3 is 19.9 Å². The second kappa shape index (κ2) is 12.7. The molecule has 0 unspecified atom stereocenters. The molecule has 1 aliphatic carbocycles. The summed E-state index contributed by atoms with van der Waals surface area (Å²) in [5.41, 5.74) is 5.24. The van der Waals surface area contributed by atoms with Crippen LogP contribution >= 0.6 is 22.9 Å². The lowest BCUT2D eigenvalue weighted by Gasteiger charge is -2.37. The highest BCUT2D eigenvalue weighted by atomic mass is 35.5. The number of ether oxygens (including phenoxy) is 1. The summed E-state index contributed by atoms with van der Waals surface area (Å²) in [5.74, 6) is 0.764. The van der Waals surface area contributed by atoms with Gasteiger partial charge in [-0.05, 0) is 81.1 Å². The SMILES string of the molecule is C=C(C)N(C)c1ccc(-c2ccc(OC)c(CN(C(=O)c3sc4ccccc4c3Cl)[C@H]3CC[C@H](NC)CC3)c2)cc1. The van der Waals surface area contributed by atoms with Gasteiger partial charge in [0.15, 0.2) is 0 Å². The summed E-state index contributed by atoms with van der Waals surface area (Å²) in [6.07, 6.45) is 3.96. The number of nitrogens with zero attached hydrogens (tertiary/aromatic N) is 2. The molecule has 1 aliphatic rings. The van der Waals surface area contributed by atoms with E-state index in [1.807, 2.05) is 56.3 Å². The predicted octanol–water partition coefficient (Wildman–Crippen LogP) is 8.37. The van der Waals surface area contributed by atoms with Crippen LogP contribution in [0.1, 0.15) is 47.8 Å². The number of hydrogen-bond acceptors (Lipinski definition) is 5. The fourth-order valence-corrected chi connectivity index (χ4v) is 7.16. The monoisotopic (exact) mass is 587 g/mol. The van der Waals surface area contributed by atoms with Crippen LogP contribution in [0.4, 0.5) is 5.69 Å². The summed E-state index contributed by atoms with van der Waals surface area (Å²) in [4.78, 5) is 19.0. The highest BCUT2D eigenvalue weighted by Crippen LogP contribution is 2.38. The molecule has 4 aromatic rings. The van der Waals surface area contributed by atoms with Crippen LogP contribution in [-0.4, -0.2) is 44.1 Å². The Labute approximate surface area is 252 Å². The molecule has 0 radical (unpaired) electrons. The number of thiophene rings is 1. The molecule has 0 saturated heterocycles. The van der Waals surface area contributed by atoms with Crippen molar-refractivity contribution in [2.75, 3.05) is 26.1 Å². The van der Waals surface area contributed by atoms with Crippen molar-refractivity contribution in [3.63, 3.8) is 0 Å². The van der Waals surface area contributed by atoms with E-state index in [2.05, 4.69) is 53.2 Å². The number of fused-ring (bicyclic) bond motifs is 1. The molecule has 0 atom stereocenters. The smallest absolute Gasteiger partial charge is 0.266 e. The first-order valence-corrected chi connectivity index (χ1v) is 15.3. The van der Waals surface area contributed by atoms with Gasteiger partial charge >= 0.3 is 0 Å². The van der Waals surface area contributed by atoms with E-state index in [9.17, 15) is 4.79 Å². The lowest BCUT2D eigenvalue weighted by molar-refractivity contribution is 0.0604. The number of anilines is 1. The van der Waals surface area contributed by atoms with Gasteiger partial charge in [0.05, 0.1) is 12.1 Å². The number of amides is 1. The Morgan fingerprint density at radius 1 is 1.05 bits per heavy atom. The van der Waals surface area contributed by atoms with Crippen LogP contribution in [0.5, 0.6) is 5.75 Å². The number of allylic oxidation sites excluding steroid dienone is 1. The average molecular weight is 588 g/mol. The van der Waals surface area contributed by atoms with E-state index in [4.69, 9.17) is 16.3 Å². The molecule has 1 fully saturated rings. The predicted molar refractivity (Wildman–Crippen MR) is 173 cm³/mol. The van der Waals surface area contributed by atoms with Gasteiger partial charge in [0.25, 0.3) is 5.91 Å². The Hall–Kier alpha value is -3.32. The van der Waals surface area contributed by atoms with Gasteiger partial charge in [0, 0.05) is 52.7 Å². The minimum absolute atomic E-state index is 0.0104. The van der Waals surface area contributed by atoms with E-state index in [0.29, 0.717) is 22.5 Å². The molecule has 1 N–H and O–H groups in total. The van der Waals surface area contributed by atoms with E-state index < -0.39 is 0 Å². The van der Waals surface area contributed by atoms with Crippen molar-refractivity contribution in [1.29, 1.82) is 0 Å². The standard InChI is InChI=1S/C34H38ClN3O2S/c1-22(2)37(4)27-15-10-23(11-16-27)24-12-19-30(40-5)25(20-24)21-38(28-17-13-26(36-3)14-18-28)34(39)33-32(35)29-8-6-7-9-31(29)41-33/h6-12,15-16,19-20,26,28,36H,1,13-14,17-18,21H2,2-5H3/t26-,28-. The molecule has 1 amide bonds. The van der Waals surface area contributed by atoms with Crippen LogP contribution in [0, 0.1) is 0 Å². The van der Waals surface area contributed by atoms with Gasteiger partial charge in [-0.3, -0.25) is 4.79 Å². The molecule has 1 aromatic heterocycles. The van der Waals surface area contributed by atoms with E-state index in [0.717, 1.165) is 69.6 Å². The molecule has 7 heteroatoms. The minimum atomic E-state index is -0.0104. The van der Waals surface area contributed by atoms with Crippen molar-refractivity contribution in [2.45, 2.75) is 51.2 Å². The zero-order chi connectivity index (χ0) is 29.1. The molecule has 0 aliphatic heterocycles. The van der Waals surface area contributed by atoms with Crippen molar-refractivity contribution < 1.29 is 9.53 Å². The first kappa shape index (κ1) is 29.2. The summed E-state index contributed by atoms with van der Waals surface area (Å²) in [6, 6.07) is 23.3. The maximum Gasteiger partial charge on any atom is 0.266 e. The molecule has 1 heterocycles. The summed E-state index contributed by atoms with van der Waals surface area (Å²) >= 11 is 8.30. The van der Waals surface area contributed by atoms with E-state index in [1.54, 1.807) is 7.11 Å². The van der Waals surface area contributed by atoms with Gasteiger partial charge in [-0.15, -0.1) is 11.3 Å². The molecule has 41 heavy (non-hydrogen) atoms. The maximum absolute atomic E-state index is 14.3. The van der Waals surface area contributed by atoms with Crippen molar-refractivity contribution >= 4 is 44.6 Å². The number of carbonyl (C=O) groups is 1. The highest BCUT2D eigenvalue weighted by Gasteiger charge is 2.32. The van der Waals surface area contributed by atoms with Crippen LogP contribution in [0.25, 0.3) is 21.2 Å². The third kappa shape index (κ3) is 6.15. The second-order valence-electron chi connectivity index (χ2n) is 10.8. The number of carbonyl (C=O) groups excluding carboxylic acids is 1. The number of hydrogen-bond donors (Lipinski definition) is 1. The lowest BCUT2D eigenvalue weighted by Crippen LogP contribution is -2.44. The molecule has 3 aromatic carbocycles.